The minimum atomic E-state index is -0.701. The number of aliphatic imine (C=N–C) groups is 1. The summed E-state index contributed by atoms with van der Waals surface area (Å²) in [6.45, 7) is 0. The van der Waals surface area contributed by atoms with Crippen molar-refractivity contribution in [3.8, 4) is 0 Å². The van der Waals surface area contributed by atoms with E-state index < -0.39 is 5.82 Å². The first-order valence-corrected chi connectivity index (χ1v) is 3.63. The summed E-state index contributed by atoms with van der Waals surface area (Å²) >= 11 is 11.0. The van der Waals surface area contributed by atoms with Crippen LogP contribution in [0.3, 0.4) is 0 Å². The molecule has 0 bridgehead atoms. The second-order valence-corrected chi connectivity index (χ2v) is 2.74. The van der Waals surface area contributed by atoms with Gasteiger partial charge in [-0.3, -0.25) is 0 Å². The zero-order valence-electron chi connectivity index (χ0n) is 5.64. The molecule has 2 nitrogen and oxygen atoms in total. The molecule has 5 heteroatoms. The maximum Gasteiger partial charge on any atom is 0.240 e. The lowest BCUT2D eigenvalue weighted by Crippen LogP contribution is -1.77. The van der Waals surface area contributed by atoms with E-state index in [0.29, 0.717) is 0 Å². The summed E-state index contributed by atoms with van der Waals surface area (Å²) in [7, 11) is 0. The van der Waals surface area contributed by atoms with E-state index in [-0.39, 0.29) is 15.7 Å². The lowest BCUT2D eigenvalue weighted by atomic mass is 10.3. The molecular weight excluding hydrogens is 204 g/mol. The van der Waals surface area contributed by atoms with Gasteiger partial charge in [-0.2, -0.15) is 4.99 Å². The van der Waals surface area contributed by atoms with Gasteiger partial charge >= 0.3 is 0 Å². The minimum absolute atomic E-state index is 0.0824. The molecule has 62 valence electrons. The van der Waals surface area contributed by atoms with Crippen molar-refractivity contribution >= 4 is 35.0 Å². The lowest BCUT2D eigenvalue weighted by Gasteiger charge is -1.97. The van der Waals surface area contributed by atoms with Gasteiger partial charge in [0.2, 0.25) is 6.08 Å². The second kappa shape index (κ2) is 3.68. The summed E-state index contributed by atoms with van der Waals surface area (Å²) in [6.07, 6.45) is 1.20. The average molecular weight is 206 g/mol. The Morgan fingerprint density at radius 2 is 1.92 bits per heavy atom. The third-order valence-corrected chi connectivity index (χ3v) is 1.88. The van der Waals surface area contributed by atoms with Crippen LogP contribution in [0.4, 0.5) is 10.1 Å². The molecule has 0 amide bonds. The third kappa shape index (κ3) is 1.83. The smallest absolute Gasteiger partial charge is 0.211 e. The molecule has 0 aliphatic heterocycles. The minimum Gasteiger partial charge on any atom is -0.211 e. The van der Waals surface area contributed by atoms with Crippen molar-refractivity contribution in [2.45, 2.75) is 0 Å². The highest BCUT2D eigenvalue weighted by Gasteiger charge is 2.05. The molecular formula is C7H2Cl2FNO. The summed E-state index contributed by atoms with van der Waals surface area (Å²) in [6, 6.07) is 2.14. The van der Waals surface area contributed by atoms with Crippen molar-refractivity contribution in [1.29, 1.82) is 0 Å². The maximum absolute atomic E-state index is 12.8. The Labute approximate surface area is 77.6 Å². The SMILES string of the molecule is O=C=Nc1cc(Cl)c(Cl)cc1F. The molecule has 0 aliphatic rings. The van der Waals surface area contributed by atoms with Gasteiger partial charge in [0.15, 0.2) is 5.82 Å². The number of hydrogen-bond acceptors (Lipinski definition) is 2. The van der Waals surface area contributed by atoms with Gasteiger partial charge in [0.05, 0.1) is 10.0 Å². The van der Waals surface area contributed by atoms with Crippen molar-refractivity contribution in [1.82, 2.24) is 0 Å². The van der Waals surface area contributed by atoms with Crippen LogP contribution in [-0.4, -0.2) is 6.08 Å². The highest BCUT2D eigenvalue weighted by atomic mass is 35.5. The molecule has 0 fully saturated rings. The molecule has 0 heterocycles. The number of isocyanates is 1. The van der Waals surface area contributed by atoms with Crippen LogP contribution >= 0.6 is 23.2 Å². The third-order valence-electron chi connectivity index (χ3n) is 1.16. The van der Waals surface area contributed by atoms with Gasteiger partial charge in [-0.1, -0.05) is 23.2 Å². The Kier molecular flexibility index (Phi) is 2.82. The molecule has 0 aromatic heterocycles. The fraction of sp³-hybridized carbons (Fsp3) is 0. The van der Waals surface area contributed by atoms with Gasteiger partial charge in [-0.05, 0) is 12.1 Å². The van der Waals surface area contributed by atoms with Crippen LogP contribution in [0.2, 0.25) is 10.0 Å². The quantitative estimate of drug-likeness (QED) is 0.394. The molecule has 0 atom stereocenters. The van der Waals surface area contributed by atoms with E-state index in [4.69, 9.17) is 23.2 Å². The number of rotatable bonds is 1. The van der Waals surface area contributed by atoms with Crippen molar-refractivity contribution in [3.63, 3.8) is 0 Å². The molecule has 0 radical (unpaired) electrons. The van der Waals surface area contributed by atoms with Gasteiger partial charge in [0.25, 0.3) is 0 Å². The number of nitrogens with zero attached hydrogens (tertiary/aromatic N) is 1. The average Bonchev–Trinajstić information content (AvgIpc) is 2.01. The highest BCUT2D eigenvalue weighted by Crippen LogP contribution is 2.29. The molecule has 1 aromatic rings. The number of hydrogen-bond donors (Lipinski definition) is 0. The van der Waals surface area contributed by atoms with Gasteiger partial charge in [-0.15, -0.1) is 0 Å². The van der Waals surface area contributed by atoms with Gasteiger partial charge in [-0.25, -0.2) is 9.18 Å². The normalized spacial score (nSPS) is 9.25. The largest absolute Gasteiger partial charge is 0.240 e. The molecule has 0 aliphatic carbocycles. The van der Waals surface area contributed by atoms with Crippen molar-refractivity contribution in [2.24, 2.45) is 4.99 Å². The Morgan fingerprint density at radius 3 is 2.50 bits per heavy atom. The zero-order chi connectivity index (χ0) is 9.14. The Bertz CT molecular complexity index is 361. The van der Waals surface area contributed by atoms with Crippen LogP contribution in [0.5, 0.6) is 0 Å². The Hall–Kier alpha value is -0.890. The predicted octanol–water partition coefficient (Wildman–Crippen LogP) is 3.10. The number of benzene rings is 1. The molecule has 1 rings (SSSR count). The second-order valence-electron chi connectivity index (χ2n) is 1.92. The number of carbonyl (C=O) groups excluding carboxylic acids is 1. The first-order chi connectivity index (χ1) is 5.65. The van der Waals surface area contributed by atoms with E-state index in [0.717, 1.165) is 12.1 Å². The van der Waals surface area contributed by atoms with Gasteiger partial charge in [0, 0.05) is 0 Å². The monoisotopic (exact) mass is 205 g/mol. The lowest BCUT2D eigenvalue weighted by molar-refractivity contribution is 0.564. The topological polar surface area (TPSA) is 29.4 Å². The Balaban J connectivity index is 3.32. The molecule has 0 spiro atoms. The highest BCUT2D eigenvalue weighted by molar-refractivity contribution is 6.42. The van der Waals surface area contributed by atoms with Crippen molar-refractivity contribution in [3.05, 3.63) is 28.0 Å². The maximum atomic E-state index is 12.8. The molecule has 1 aromatic carbocycles. The molecule has 0 unspecified atom stereocenters. The van der Waals surface area contributed by atoms with E-state index in [1.54, 1.807) is 0 Å². The van der Waals surface area contributed by atoms with Crippen LogP contribution in [-0.2, 0) is 4.79 Å². The van der Waals surface area contributed by atoms with E-state index in [1.165, 1.54) is 6.08 Å². The summed E-state index contributed by atoms with van der Waals surface area (Å²) in [5.41, 5.74) is -0.167. The fourth-order valence-electron chi connectivity index (χ4n) is 0.647. The molecule has 0 N–H and O–H groups in total. The molecule has 0 saturated heterocycles. The van der Waals surface area contributed by atoms with Gasteiger partial charge < -0.3 is 0 Å². The first-order valence-electron chi connectivity index (χ1n) is 2.87. The van der Waals surface area contributed by atoms with E-state index in [9.17, 15) is 9.18 Å². The zero-order valence-corrected chi connectivity index (χ0v) is 7.16. The van der Waals surface area contributed by atoms with Crippen molar-refractivity contribution < 1.29 is 9.18 Å². The van der Waals surface area contributed by atoms with Crippen LogP contribution in [0.15, 0.2) is 17.1 Å². The van der Waals surface area contributed by atoms with Crippen molar-refractivity contribution in [2.75, 3.05) is 0 Å². The van der Waals surface area contributed by atoms with E-state index in [1.807, 2.05) is 0 Å². The number of halogens is 3. The van der Waals surface area contributed by atoms with Crippen LogP contribution in [0, 0.1) is 5.82 Å². The van der Waals surface area contributed by atoms with E-state index >= 15 is 0 Å². The standard InChI is InChI=1S/C7H2Cl2FNO/c8-4-1-6(10)7(11-3-12)2-5(4)9/h1-2H. The van der Waals surface area contributed by atoms with Crippen LogP contribution < -0.4 is 0 Å². The molecule has 0 saturated carbocycles. The van der Waals surface area contributed by atoms with Crippen LogP contribution in [0.1, 0.15) is 0 Å². The summed E-state index contributed by atoms with van der Waals surface area (Å²) in [5, 5.41) is 0.228. The summed E-state index contributed by atoms with van der Waals surface area (Å²) in [4.78, 5) is 12.9. The Morgan fingerprint density at radius 1 is 1.33 bits per heavy atom. The van der Waals surface area contributed by atoms with Crippen LogP contribution in [0.25, 0.3) is 0 Å². The fourth-order valence-corrected chi connectivity index (χ4v) is 0.955. The van der Waals surface area contributed by atoms with Gasteiger partial charge in [0.1, 0.15) is 5.69 Å². The summed E-state index contributed by atoms with van der Waals surface area (Å²) in [5.74, 6) is -0.701. The predicted molar refractivity (Wildman–Crippen MR) is 44.2 cm³/mol. The first kappa shape index (κ1) is 9.20. The summed E-state index contributed by atoms with van der Waals surface area (Å²) < 4.78 is 12.8. The molecule has 12 heavy (non-hydrogen) atoms. The van der Waals surface area contributed by atoms with E-state index in [2.05, 4.69) is 4.99 Å².